The number of fused-ring (bicyclic) bond motifs is 2. The number of benzene rings is 6. The summed E-state index contributed by atoms with van der Waals surface area (Å²) < 4.78 is 360. The molecule has 0 amide bonds. The van der Waals surface area contributed by atoms with E-state index in [1.165, 1.54) is 12.1 Å². The van der Waals surface area contributed by atoms with Crippen molar-refractivity contribution in [3.8, 4) is 23.0 Å². The number of carbonyl (C=O) groups excluding carboxylic acids is 2. The first kappa shape index (κ1) is 85.1. The number of allylic oxidation sites excluding steroid dienone is 2. The van der Waals surface area contributed by atoms with Gasteiger partial charge in [0.25, 0.3) is 101 Å². The summed E-state index contributed by atoms with van der Waals surface area (Å²) in [7, 11) is -53.6. The fraction of sp³-hybridized carbons (Fsp3) is 0. The van der Waals surface area contributed by atoms with Crippen molar-refractivity contribution in [3.05, 3.63) is 190 Å². The van der Waals surface area contributed by atoms with Crippen LogP contribution in [0, 0.1) is 0 Å². The molecule has 0 unspecified atom stereocenters. The standard InChI is InChI=1S/C60H42N16O32S10/c77-53-49-29(21-47(117(103,104)105)51(53)73-71-39-9-1-3-11-43(39)113(91,92)93)19-35(111(85,86)87)25-41(49)63-57-65-55(67-59(69-57)75-17-5-7-33(27-75)109(79,80)81)61-31-13-15-37(45(23-31)115(97,98)99)38-16-14-32(24-46(38)116(100,101)102)62-56-66-58(70-60(68-56)76-18-6-8-34(28-76)110(82,83)84)64-42-26-36(112(88,89)90)20-30-22-48(118(106,107)108)52(54(78)50(30)42)74-72-40-10-2-4-12-44(40)114(94,95)96/h1-28H,(H14-2,61,62,63,64,65,66,67,68,69,70,71,72,73,74,77,78,79,80,81,82,83,84,85,86,87,88,89,90,91,92,93,94,95,96,97,98,99,100,101,102,103,104,105,106,107,108)/p+2. The maximum Gasteiger partial charge on any atom is 0.444 e. The van der Waals surface area contributed by atoms with Crippen LogP contribution in [0.1, 0.15) is 31.8 Å². The lowest BCUT2D eigenvalue weighted by Crippen LogP contribution is -2.34. The Kier molecular flexibility index (Phi) is 22.1. The van der Waals surface area contributed by atoms with E-state index in [9.17, 15) is 139 Å². The van der Waals surface area contributed by atoms with Crippen molar-refractivity contribution in [2.24, 2.45) is 10.2 Å². The molecule has 0 bridgehead atoms. The smallest absolute Gasteiger partial charge is 0.310 e. The van der Waals surface area contributed by atoms with Gasteiger partial charge in [0.1, 0.15) is 39.2 Å². The van der Waals surface area contributed by atoms with Gasteiger partial charge in [-0.2, -0.15) is 94.4 Å². The second kappa shape index (κ2) is 30.6. The topological polar surface area (TPSA) is 760 Å². The zero-order valence-corrected chi connectivity index (χ0v) is 65.3. The van der Waals surface area contributed by atoms with Gasteiger partial charge in [0.05, 0.1) is 68.5 Å². The Hall–Kier alpha value is -12.3. The summed E-state index contributed by atoms with van der Waals surface area (Å²) in [6, 6.07) is 19.0. The van der Waals surface area contributed by atoms with Gasteiger partial charge in [-0.25, -0.2) is 9.13 Å². The normalized spacial score (nSPS) is 14.5. The highest BCUT2D eigenvalue weighted by Crippen LogP contribution is 2.40. The van der Waals surface area contributed by atoms with E-state index < -0.39 is 276 Å². The molecule has 6 aromatic carbocycles. The molecule has 12 rings (SSSR count). The first-order valence-corrected chi connectivity index (χ1v) is 45.4. The van der Waals surface area contributed by atoms with Crippen molar-refractivity contribution in [2.75, 3.05) is 32.1 Å². The minimum atomic E-state index is -5.67. The van der Waals surface area contributed by atoms with Crippen molar-refractivity contribution in [2.45, 2.75) is 39.2 Å². The zero-order chi connectivity index (χ0) is 86.3. The Balaban J connectivity index is 0.947. The van der Waals surface area contributed by atoms with E-state index in [1.54, 1.807) is 0 Å². The fourth-order valence-corrected chi connectivity index (χ4v) is 17.2. The number of rotatable bonds is 25. The Morgan fingerprint density at radius 1 is 0.305 bits per heavy atom. The van der Waals surface area contributed by atoms with Gasteiger partial charge in [0, 0.05) is 22.5 Å². The first-order valence-electron chi connectivity index (χ1n) is 31.0. The molecule has 118 heavy (non-hydrogen) atoms. The van der Waals surface area contributed by atoms with E-state index in [0.717, 1.165) is 106 Å². The summed E-state index contributed by atoms with van der Waals surface area (Å²) in [6.07, 6.45) is 4.48. The van der Waals surface area contributed by atoms with Crippen molar-refractivity contribution in [1.29, 1.82) is 0 Å². The van der Waals surface area contributed by atoms with Gasteiger partial charge in [-0.05, 0) is 140 Å². The molecule has 10 aromatic rings. The third kappa shape index (κ3) is 18.7. The number of para-hydroxylation sites is 2. The first-order chi connectivity index (χ1) is 54.6. The maximum absolute atomic E-state index is 14.6. The fourth-order valence-electron chi connectivity index (χ4n) is 11.0. The average Bonchev–Trinajstić information content (AvgIpc) is 0.750. The summed E-state index contributed by atoms with van der Waals surface area (Å²) in [4.78, 5) is 43.4. The molecule has 58 heteroatoms. The van der Waals surface area contributed by atoms with E-state index in [1.807, 2.05) is 0 Å². The van der Waals surface area contributed by atoms with E-state index in [-0.39, 0.29) is 0 Å². The number of aromatic nitrogens is 8. The lowest BCUT2D eigenvalue weighted by atomic mass is 9.93. The van der Waals surface area contributed by atoms with Crippen LogP contribution in [-0.4, -0.2) is 183 Å². The molecule has 48 nitrogen and oxygen atoms in total. The Labute approximate surface area is 662 Å². The molecule has 16 N–H and O–H groups in total. The van der Waals surface area contributed by atoms with Crippen LogP contribution in [0.25, 0.3) is 35.2 Å². The lowest BCUT2D eigenvalue weighted by molar-refractivity contribution is -0.606. The van der Waals surface area contributed by atoms with Gasteiger partial charge < -0.3 is 21.3 Å². The third-order valence-corrected chi connectivity index (χ3v) is 24.6. The van der Waals surface area contributed by atoms with Crippen LogP contribution in [-0.2, 0) is 101 Å². The Bertz CT molecular complexity index is 7050. The molecule has 0 fully saturated rings. The highest BCUT2D eigenvalue weighted by Gasteiger charge is 2.40. The van der Waals surface area contributed by atoms with Gasteiger partial charge in [0.2, 0.25) is 11.6 Å². The van der Waals surface area contributed by atoms with E-state index in [2.05, 4.69) is 72.2 Å². The van der Waals surface area contributed by atoms with Gasteiger partial charge in [-0.3, -0.25) is 66.0 Å². The molecule has 2 aliphatic carbocycles. The number of pyridine rings is 2. The summed E-state index contributed by atoms with van der Waals surface area (Å²) >= 11 is 0. The quantitative estimate of drug-likeness (QED) is 0.0222. The van der Waals surface area contributed by atoms with Gasteiger partial charge in [-0.1, -0.05) is 36.4 Å². The maximum atomic E-state index is 14.6. The van der Waals surface area contributed by atoms with Gasteiger partial charge >= 0.3 is 35.7 Å². The highest BCUT2D eigenvalue weighted by molar-refractivity contribution is 7.92. The number of ketones is 2. The van der Waals surface area contributed by atoms with Crippen molar-refractivity contribution >= 4 is 194 Å². The van der Waals surface area contributed by atoms with Crippen LogP contribution in [0.3, 0.4) is 0 Å². The molecule has 0 saturated carbocycles. The minimum absolute atomic E-state index is 0.475. The summed E-state index contributed by atoms with van der Waals surface area (Å²) in [5, 5.41) is 17.3. The van der Waals surface area contributed by atoms with Gasteiger partial charge in [-0.15, -0.1) is 9.97 Å². The predicted octanol–water partition coefficient (Wildman–Crippen LogP) is 3.01. The zero-order valence-electron chi connectivity index (χ0n) is 57.2. The number of anilines is 10. The van der Waals surface area contributed by atoms with Crippen molar-refractivity contribution in [3.63, 3.8) is 0 Å². The number of hydrogen-bond donors (Lipinski definition) is 16. The molecule has 0 radical (unpaired) electrons. The largest absolute Gasteiger partial charge is 0.444 e. The molecule has 0 aliphatic heterocycles. The summed E-state index contributed by atoms with van der Waals surface area (Å²) in [5.41, 5.74) is -6.80. The predicted molar refractivity (Wildman–Crippen MR) is 402 cm³/mol. The summed E-state index contributed by atoms with van der Waals surface area (Å²) in [5.74, 6) is -7.94. The molecule has 0 saturated heterocycles. The number of carbonyl (C=O) groups is 2. The van der Waals surface area contributed by atoms with Crippen LogP contribution in [0.4, 0.5) is 57.9 Å². The number of nitrogens with zero attached hydrogens (tertiary/aromatic N) is 10. The Morgan fingerprint density at radius 3 is 0.941 bits per heavy atom. The van der Waals surface area contributed by atoms with Crippen molar-refractivity contribution < 1.29 is 148 Å². The molecular weight excluding hydrogens is 1780 g/mol. The molecule has 4 aromatic heterocycles. The lowest BCUT2D eigenvalue weighted by Gasteiger charge is -2.20. The third-order valence-electron chi connectivity index (χ3n) is 15.9. The van der Waals surface area contributed by atoms with E-state index in [0.29, 0.717) is 60.9 Å². The molecule has 0 spiro atoms. The average molecular weight is 1820 g/mol. The van der Waals surface area contributed by atoms with E-state index in [4.69, 9.17) is 0 Å². The molecule has 2 aliphatic rings. The number of nitrogens with one attached hydrogen (secondary N) is 6. The van der Waals surface area contributed by atoms with Gasteiger partial charge in [0.15, 0.2) is 11.4 Å². The monoisotopic (exact) mass is 1820 g/mol. The van der Waals surface area contributed by atoms with Crippen LogP contribution < -0.4 is 41.3 Å². The van der Waals surface area contributed by atoms with E-state index >= 15 is 0 Å². The van der Waals surface area contributed by atoms with Crippen LogP contribution in [0.5, 0.6) is 0 Å². The van der Waals surface area contributed by atoms with Crippen LogP contribution >= 0.6 is 0 Å². The molecular formula is C60H44N16O32S10+2. The number of hydrazone groups is 2. The highest BCUT2D eigenvalue weighted by atomic mass is 32.3. The molecule has 0 atom stereocenters. The second-order valence-electron chi connectivity index (χ2n) is 23.8. The second-order valence-corrected chi connectivity index (χ2v) is 37.8. The minimum Gasteiger partial charge on any atom is -0.310 e. The van der Waals surface area contributed by atoms with Crippen LogP contribution in [0.15, 0.2) is 217 Å². The SMILES string of the molecule is O=C1/C(=N\Nc2ccccc2S(=O)(=O)O)C(S(=O)(=O)O)=Cc2cc(S(=O)(=O)O)cc(Nc3nc(Nc4ccc(-c5ccc(Nc6nc(Nc7cc(S(=O)(=O)O)cc8c7C(=O)/C(=N\Nc7ccccc7S(=O)(=O)O)C(S(=O)(=O)O)=C8)nc(-[n+]7cccc(S(=O)(=O)O)c7)n6)cc5S(=O)(=O)O)c(S(=O)(=O)O)c4)nc(-[n+]4cccc(S(=O)(=O)O)c4)n3)c21. The number of hydrogen-bond acceptors (Lipinski definition) is 36. The molecule has 614 valence electrons. The number of Topliss-reactive ketones (excluding diaryl/α,β-unsaturated/α-hetero) is 2. The molecule has 4 heterocycles. The van der Waals surface area contributed by atoms with Crippen LogP contribution in [0.2, 0.25) is 0 Å². The Morgan fingerprint density at radius 2 is 0.627 bits per heavy atom. The summed E-state index contributed by atoms with van der Waals surface area (Å²) in [6.45, 7) is 0. The van der Waals surface area contributed by atoms with Crippen molar-refractivity contribution in [1.82, 2.24) is 29.9 Å².